The molecule has 102 valence electrons. The quantitative estimate of drug-likeness (QED) is 0.902. The molecule has 4 nitrogen and oxygen atoms in total. The predicted molar refractivity (Wildman–Crippen MR) is 77.8 cm³/mol. The molecule has 2 N–H and O–H groups in total. The fourth-order valence-corrected chi connectivity index (χ4v) is 2.22. The molecule has 0 heterocycles. The molecule has 2 aromatic carbocycles. The first-order chi connectivity index (χ1) is 9.47. The Morgan fingerprint density at radius 3 is 2.05 bits per heavy atom. The lowest BCUT2D eigenvalue weighted by atomic mass is 10.1. The Bertz CT molecular complexity index is 666. The van der Waals surface area contributed by atoms with E-state index in [2.05, 4.69) is 5.32 Å². The highest BCUT2D eigenvalue weighted by Crippen LogP contribution is 2.23. The molecule has 0 aromatic heterocycles. The SMILES string of the molecule is O=C(O)c1ccccc1C(=O)Nc1cc(Cl)cc(Cl)c1. The molecule has 0 aliphatic carbocycles. The van der Waals surface area contributed by atoms with E-state index >= 15 is 0 Å². The Balaban J connectivity index is 2.31. The van der Waals surface area contributed by atoms with Gasteiger partial charge in [-0.05, 0) is 30.3 Å². The fourth-order valence-electron chi connectivity index (χ4n) is 1.69. The maximum Gasteiger partial charge on any atom is 0.336 e. The predicted octanol–water partition coefficient (Wildman–Crippen LogP) is 3.94. The van der Waals surface area contributed by atoms with Crippen LogP contribution in [0.5, 0.6) is 0 Å². The van der Waals surface area contributed by atoms with Crippen molar-refractivity contribution in [1.82, 2.24) is 0 Å². The molecule has 0 saturated carbocycles. The van der Waals surface area contributed by atoms with Crippen LogP contribution in [-0.4, -0.2) is 17.0 Å². The summed E-state index contributed by atoms with van der Waals surface area (Å²) < 4.78 is 0. The van der Waals surface area contributed by atoms with Gasteiger partial charge in [0.15, 0.2) is 0 Å². The molecule has 0 bridgehead atoms. The standard InChI is InChI=1S/C14H9Cl2NO3/c15-8-5-9(16)7-10(6-8)17-13(18)11-3-1-2-4-12(11)14(19)20/h1-7H,(H,17,18)(H,19,20). The molecule has 0 saturated heterocycles. The van der Waals surface area contributed by atoms with Crippen molar-refractivity contribution in [3.8, 4) is 0 Å². The van der Waals surface area contributed by atoms with Gasteiger partial charge in [-0.25, -0.2) is 4.79 Å². The van der Waals surface area contributed by atoms with E-state index in [-0.39, 0.29) is 11.1 Å². The van der Waals surface area contributed by atoms with Crippen LogP contribution in [0.1, 0.15) is 20.7 Å². The van der Waals surface area contributed by atoms with Crippen molar-refractivity contribution in [2.24, 2.45) is 0 Å². The normalized spacial score (nSPS) is 10.1. The lowest BCUT2D eigenvalue weighted by molar-refractivity contribution is 0.0692. The Morgan fingerprint density at radius 2 is 1.50 bits per heavy atom. The summed E-state index contributed by atoms with van der Waals surface area (Å²) in [6.07, 6.45) is 0. The summed E-state index contributed by atoms with van der Waals surface area (Å²) in [5.74, 6) is -1.71. The minimum absolute atomic E-state index is 0.0658. The van der Waals surface area contributed by atoms with E-state index in [9.17, 15) is 9.59 Å². The molecule has 0 fully saturated rings. The Kier molecular flexibility index (Phi) is 4.27. The van der Waals surface area contributed by atoms with E-state index in [1.807, 2.05) is 0 Å². The summed E-state index contributed by atoms with van der Waals surface area (Å²) in [5.41, 5.74) is 0.391. The second kappa shape index (κ2) is 5.94. The molecule has 0 aliphatic rings. The number of aromatic carboxylic acids is 1. The number of benzene rings is 2. The van der Waals surface area contributed by atoms with Crippen LogP contribution in [0.15, 0.2) is 42.5 Å². The summed E-state index contributed by atoms with van der Waals surface area (Å²) >= 11 is 11.7. The van der Waals surface area contributed by atoms with Gasteiger partial charge in [0.2, 0.25) is 0 Å². The second-order valence-corrected chi connectivity index (χ2v) is 4.84. The zero-order valence-electron chi connectivity index (χ0n) is 10.1. The second-order valence-electron chi connectivity index (χ2n) is 3.96. The molecule has 0 spiro atoms. The first-order valence-electron chi connectivity index (χ1n) is 5.57. The molecule has 2 rings (SSSR count). The van der Waals surface area contributed by atoms with Crippen LogP contribution in [0.4, 0.5) is 5.69 Å². The van der Waals surface area contributed by atoms with Crippen LogP contribution >= 0.6 is 23.2 Å². The van der Waals surface area contributed by atoms with Crippen molar-refractivity contribution < 1.29 is 14.7 Å². The smallest absolute Gasteiger partial charge is 0.336 e. The third kappa shape index (κ3) is 3.29. The van der Waals surface area contributed by atoms with Gasteiger partial charge in [-0.1, -0.05) is 35.3 Å². The van der Waals surface area contributed by atoms with Crippen LogP contribution in [0, 0.1) is 0 Å². The van der Waals surface area contributed by atoms with Crippen LogP contribution < -0.4 is 5.32 Å². The van der Waals surface area contributed by atoms with Gasteiger partial charge >= 0.3 is 5.97 Å². The number of hydrogen-bond donors (Lipinski definition) is 2. The Hall–Kier alpha value is -2.04. The maximum atomic E-state index is 12.1. The van der Waals surface area contributed by atoms with E-state index in [0.29, 0.717) is 15.7 Å². The third-order valence-corrected chi connectivity index (χ3v) is 2.96. The van der Waals surface area contributed by atoms with E-state index in [4.69, 9.17) is 28.3 Å². The highest BCUT2D eigenvalue weighted by atomic mass is 35.5. The van der Waals surface area contributed by atoms with Crippen LogP contribution in [0.3, 0.4) is 0 Å². The average molecular weight is 310 g/mol. The summed E-state index contributed by atoms with van der Waals surface area (Å²) in [6.45, 7) is 0. The van der Waals surface area contributed by atoms with E-state index in [1.54, 1.807) is 12.1 Å². The van der Waals surface area contributed by atoms with Crippen molar-refractivity contribution >= 4 is 40.8 Å². The number of halogens is 2. The van der Waals surface area contributed by atoms with Crippen molar-refractivity contribution in [2.75, 3.05) is 5.32 Å². The largest absolute Gasteiger partial charge is 0.478 e. The zero-order valence-corrected chi connectivity index (χ0v) is 11.6. The lowest BCUT2D eigenvalue weighted by Gasteiger charge is -2.08. The lowest BCUT2D eigenvalue weighted by Crippen LogP contribution is -2.16. The zero-order chi connectivity index (χ0) is 14.7. The van der Waals surface area contributed by atoms with Crippen LogP contribution in [0.25, 0.3) is 0 Å². The minimum Gasteiger partial charge on any atom is -0.478 e. The third-order valence-electron chi connectivity index (χ3n) is 2.52. The molecule has 2 aromatic rings. The molecule has 6 heteroatoms. The maximum absolute atomic E-state index is 12.1. The van der Waals surface area contributed by atoms with Crippen molar-refractivity contribution in [3.63, 3.8) is 0 Å². The number of carbonyl (C=O) groups is 2. The van der Waals surface area contributed by atoms with Crippen LogP contribution in [0.2, 0.25) is 10.0 Å². The van der Waals surface area contributed by atoms with Crippen LogP contribution in [-0.2, 0) is 0 Å². The molecular weight excluding hydrogens is 301 g/mol. The summed E-state index contributed by atoms with van der Waals surface area (Å²) in [6, 6.07) is 10.5. The van der Waals surface area contributed by atoms with Gasteiger partial charge < -0.3 is 10.4 Å². The number of carbonyl (C=O) groups excluding carboxylic acids is 1. The number of hydrogen-bond acceptors (Lipinski definition) is 2. The van der Waals surface area contributed by atoms with Crippen molar-refractivity contribution in [3.05, 3.63) is 63.6 Å². The molecule has 1 amide bonds. The average Bonchev–Trinajstić information content (AvgIpc) is 2.37. The number of nitrogens with one attached hydrogen (secondary N) is 1. The topological polar surface area (TPSA) is 66.4 Å². The molecule has 0 radical (unpaired) electrons. The van der Waals surface area contributed by atoms with Gasteiger partial charge in [-0.3, -0.25) is 4.79 Å². The molecular formula is C14H9Cl2NO3. The van der Waals surface area contributed by atoms with Gasteiger partial charge in [0, 0.05) is 15.7 Å². The van der Waals surface area contributed by atoms with E-state index < -0.39 is 11.9 Å². The number of carboxylic acids is 1. The first kappa shape index (κ1) is 14.4. The van der Waals surface area contributed by atoms with Gasteiger partial charge in [-0.2, -0.15) is 0 Å². The van der Waals surface area contributed by atoms with Gasteiger partial charge in [0.05, 0.1) is 11.1 Å². The van der Waals surface area contributed by atoms with Crippen molar-refractivity contribution in [2.45, 2.75) is 0 Å². The van der Waals surface area contributed by atoms with E-state index in [1.165, 1.54) is 30.3 Å². The van der Waals surface area contributed by atoms with Gasteiger partial charge in [0.25, 0.3) is 5.91 Å². The number of amides is 1. The number of anilines is 1. The molecule has 20 heavy (non-hydrogen) atoms. The van der Waals surface area contributed by atoms with Crippen molar-refractivity contribution in [1.29, 1.82) is 0 Å². The summed E-state index contributed by atoms with van der Waals surface area (Å²) in [5, 5.41) is 12.4. The Labute approximate surface area is 124 Å². The first-order valence-corrected chi connectivity index (χ1v) is 6.33. The molecule has 0 aliphatic heterocycles. The monoisotopic (exact) mass is 309 g/mol. The minimum atomic E-state index is -1.17. The highest BCUT2D eigenvalue weighted by molar-refractivity contribution is 6.35. The molecule has 0 atom stereocenters. The Morgan fingerprint density at radius 1 is 0.950 bits per heavy atom. The van der Waals surface area contributed by atoms with E-state index in [0.717, 1.165) is 0 Å². The fraction of sp³-hybridized carbons (Fsp3) is 0. The van der Waals surface area contributed by atoms with Gasteiger partial charge in [-0.15, -0.1) is 0 Å². The summed E-state index contributed by atoms with van der Waals surface area (Å²) in [7, 11) is 0. The number of carboxylic acid groups (broad SMARTS) is 1. The molecule has 0 unspecified atom stereocenters. The number of rotatable bonds is 3. The van der Waals surface area contributed by atoms with Gasteiger partial charge in [0.1, 0.15) is 0 Å². The highest BCUT2D eigenvalue weighted by Gasteiger charge is 2.16. The summed E-state index contributed by atoms with van der Waals surface area (Å²) in [4.78, 5) is 23.2.